The molecule has 0 fully saturated rings. The van der Waals surface area contributed by atoms with Crippen LogP contribution in [0.5, 0.6) is 0 Å². The van der Waals surface area contributed by atoms with Gasteiger partial charge in [-0.2, -0.15) is 21.6 Å². The summed E-state index contributed by atoms with van der Waals surface area (Å²) in [6.45, 7) is 0.0684. The van der Waals surface area contributed by atoms with Crippen molar-refractivity contribution in [1.29, 1.82) is 0 Å². The van der Waals surface area contributed by atoms with E-state index in [0.29, 0.717) is 6.54 Å². The Morgan fingerprint density at radius 1 is 1.10 bits per heavy atom. The maximum atomic E-state index is 13.0. The highest BCUT2D eigenvalue weighted by Crippen LogP contribution is 2.36. The smallest absolute Gasteiger partial charge is 0.466 e. The lowest BCUT2D eigenvalue weighted by Gasteiger charge is -2.40. The molecule has 0 aromatic heterocycles. The summed E-state index contributed by atoms with van der Waals surface area (Å²) < 4.78 is 82.0. The average Bonchev–Trinajstić information content (AvgIpc) is 2.70. The Kier molecular flexibility index (Phi) is 8.46. The highest BCUT2D eigenvalue weighted by molar-refractivity contribution is 7.87. The number of nitrogens with zero attached hydrogens (tertiary/aromatic N) is 1. The number of carbonyl (C=O) groups excluding carboxylic acids is 1. The standard InChI is InChI=1S/C19H24F3NO7S/c1-27-11-14-10-23(9-13-7-5-4-6-8-13)15(12-28-2)16(18(24)29-3)17(14)30-31(25,26)19(20,21)22/h4-8,14-15H,9-12H2,1-3H3/t14?,15-/m1/s1. The molecule has 12 heteroatoms. The van der Waals surface area contributed by atoms with Crippen LogP contribution in [0.2, 0.25) is 0 Å². The zero-order chi connectivity index (χ0) is 23.2. The third-order valence-corrected chi connectivity index (χ3v) is 5.64. The molecule has 1 aromatic rings. The molecule has 0 N–H and O–H groups in total. The van der Waals surface area contributed by atoms with Crippen molar-refractivity contribution in [3.8, 4) is 0 Å². The van der Waals surface area contributed by atoms with Crippen LogP contribution in [0.3, 0.4) is 0 Å². The number of rotatable bonds is 9. The molecule has 2 rings (SSSR count). The van der Waals surface area contributed by atoms with Gasteiger partial charge >= 0.3 is 21.6 Å². The van der Waals surface area contributed by atoms with Crippen molar-refractivity contribution in [3.05, 3.63) is 47.2 Å². The number of hydrogen-bond donors (Lipinski definition) is 0. The van der Waals surface area contributed by atoms with Gasteiger partial charge in [0.2, 0.25) is 0 Å². The van der Waals surface area contributed by atoms with E-state index in [-0.39, 0.29) is 25.3 Å². The summed E-state index contributed by atoms with van der Waals surface area (Å²) >= 11 is 0. The number of ether oxygens (including phenoxy) is 3. The topological polar surface area (TPSA) is 91.4 Å². The number of benzene rings is 1. The van der Waals surface area contributed by atoms with E-state index in [0.717, 1.165) is 12.7 Å². The Morgan fingerprint density at radius 2 is 1.71 bits per heavy atom. The van der Waals surface area contributed by atoms with Crippen LogP contribution in [-0.2, 0) is 39.9 Å². The lowest BCUT2D eigenvalue weighted by molar-refractivity contribution is -0.138. The zero-order valence-electron chi connectivity index (χ0n) is 17.2. The van der Waals surface area contributed by atoms with E-state index in [1.165, 1.54) is 14.2 Å². The molecule has 0 bridgehead atoms. The van der Waals surface area contributed by atoms with Gasteiger partial charge in [-0.25, -0.2) is 4.79 Å². The van der Waals surface area contributed by atoms with E-state index in [2.05, 4.69) is 4.18 Å². The number of hydrogen-bond acceptors (Lipinski definition) is 8. The van der Waals surface area contributed by atoms with Crippen LogP contribution in [0.15, 0.2) is 41.7 Å². The van der Waals surface area contributed by atoms with E-state index in [9.17, 15) is 26.4 Å². The summed E-state index contributed by atoms with van der Waals surface area (Å²) in [7, 11) is -2.33. The number of esters is 1. The number of carbonyl (C=O) groups is 1. The summed E-state index contributed by atoms with van der Waals surface area (Å²) in [6, 6.07) is 8.24. The second-order valence-corrected chi connectivity index (χ2v) is 8.33. The largest absolute Gasteiger partial charge is 0.534 e. The molecule has 0 amide bonds. The molecule has 174 valence electrons. The second kappa shape index (κ2) is 10.4. The summed E-state index contributed by atoms with van der Waals surface area (Å²) in [4.78, 5) is 14.4. The van der Waals surface area contributed by atoms with Gasteiger partial charge in [0.15, 0.2) is 0 Å². The van der Waals surface area contributed by atoms with Gasteiger partial charge in [0.1, 0.15) is 5.76 Å². The summed E-state index contributed by atoms with van der Waals surface area (Å²) in [5, 5.41) is 0. The Morgan fingerprint density at radius 3 is 2.23 bits per heavy atom. The molecule has 0 saturated heterocycles. The van der Waals surface area contributed by atoms with Crippen LogP contribution in [0, 0.1) is 5.92 Å². The van der Waals surface area contributed by atoms with Crippen LogP contribution in [-0.4, -0.2) is 71.9 Å². The quantitative estimate of drug-likeness (QED) is 0.310. The Hall–Kier alpha value is -2.15. The van der Waals surface area contributed by atoms with Crippen LogP contribution < -0.4 is 0 Å². The van der Waals surface area contributed by atoms with Gasteiger partial charge in [0.05, 0.1) is 37.9 Å². The van der Waals surface area contributed by atoms with Gasteiger partial charge in [0.25, 0.3) is 0 Å². The van der Waals surface area contributed by atoms with Gasteiger partial charge in [-0.1, -0.05) is 30.3 Å². The minimum Gasteiger partial charge on any atom is -0.466 e. The van der Waals surface area contributed by atoms with Crippen LogP contribution in [0.1, 0.15) is 5.56 Å². The minimum atomic E-state index is -6.02. The molecule has 0 saturated carbocycles. The van der Waals surface area contributed by atoms with Crippen molar-refractivity contribution in [3.63, 3.8) is 0 Å². The molecule has 1 aromatic carbocycles. The highest BCUT2D eigenvalue weighted by atomic mass is 32.2. The molecule has 0 aliphatic carbocycles. The second-order valence-electron chi connectivity index (χ2n) is 6.79. The number of alkyl halides is 3. The van der Waals surface area contributed by atoms with E-state index < -0.39 is 39.3 Å². The lowest BCUT2D eigenvalue weighted by Crippen LogP contribution is -2.50. The van der Waals surface area contributed by atoms with Gasteiger partial charge in [-0.05, 0) is 5.56 Å². The first-order valence-corrected chi connectivity index (χ1v) is 10.6. The summed E-state index contributed by atoms with van der Waals surface area (Å²) in [6.07, 6.45) is 0. The molecule has 0 spiro atoms. The van der Waals surface area contributed by atoms with E-state index in [1.807, 2.05) is 30.3 Å². The first-order chi connectivity index (χ1) is 14.6. The van der Waals surface area contributed by atoms with Crippen LogP contribution in [0.25, 0.3) is 0 Å². The lowest BCUT2D eigenvalue weighted by atomic mass is 9.91. The molecule has 1 aliphatic heterocycles. The van der Waals surface area contributed by atoms with E-state index >= 15 is 0 Å². The third-order valence-electron chi connectivity index (χ3n) is 4.67. The number of halogens is 3. The molecule has 1 unspecified atom stereocenters. The van der Waals surface area contributed by atoms with E-state index in [1.54, 1.807) is 4.90 Å². The van der Waals surface area contributed by atoms with Crippen molar-refractivity contribution in [2.24, 2.45) is 5.92 Å². The molecule has 0 radical (unpaired) electrons. The fourth-order valence-corrected chi connectivity index (χ4v) is 3.91. The average molecular weight is 467 g/mol. The summed E-state index contributed by atoms with van der Waals surface area (Å²) in [5.74, 6) is -2.65. The summed E-state index contributed by atoms with van der Waals surface area (Å²) in [5.41, 5.74) is -5.16. The minimum absolute atomic E-state index is 0.0555. The number of methoxy groups -OCH3 is 3. The fraction of sp³-hybridized carbons (Fsp3) is 0.526. The SMILES string of the molecule is COCC1CN(Cc2ccccc2)[C@H](COC)C(C(=O)OC)=C1OS(=O)(=O)C(F)(F)F. The van der Waals surface area contributed by atoms with Gasteiger partial charge in [-0.3, -0.25) is 4.90 Å². The maximum Gasteiger partial charge on any atom is 0.534 e. The Balaban J connectivity index is 2.61. The molecular formula is C19H24F3NO7S. The van der Waals surface area contributed by atoms with Gasteiger partial charge in [-0.15, -0.1) is 0 Å². The molecule has 8 nitrogen and oxygen atoms in total. The predicted octanol–water partition coefficient (Wildman–Crippen LogP) is 2.07. The highest BCUT2D eigenvalue weighted by Gasteiger charge is 2.51. The molecule has 1 heterocycles. The van der Waals surface area contributed by atoms with Crippen molar-refractivity contribution in [2.75, 3.05) is 41.1 Å². The third kappa shape index (κ3) is 5.97. The van der Waals surface area contributed by atoms with Crippen LogP contribution >= 0.6 is 0 Å². The van der Waals surface area contributed by atoms with E-state index in [4.69, 9.17) is 14.2 Å². The predicted molar refractivity (Wildman–Crippen MR) is 103 cm³/mol. The molecule has 1 aliphatic rings. The van der Waals surface area contributed by atoms with Crippen molar-refractivity contribution in [2.45, 2.75) is 18.1 Å². The van der Waals surface area contributed by atoms with Crippen molar-refractivity contribution < 1.29 is 44.8 Å². The van der Waals surface area contributed by atoms with Gasteiger partial charge < -0.3 is 18.4 Å². The van der Waals surface area contributed by atoms with Crippen LogP contribution in [0.4, 0.5) is 13.2 Å². The Bertz CT molecular complexity index is 888. The first-order valence-electron chi connectivity index (χ1n) is 9.14. The van der Waals surface area contributed by atoms with Crippen molar-refractivity contribution in [1.82, 2.24) is 4.90 Å². The maximum absolute atomic E-state index is 13.0. The normalized spacial score (nSPS) is 20.6. The monoisotopic (exact) mass is 467 g/mol. The zero-order valence-corrected chi connectivity index (χ0v) is 18.0. The first kappa shape index (κ1) is 25.1. The van der Waals surface area contributed by atoms with Crippen molar-refractivity contribution >= 4 is 16.1 Å². The van der Waals surface area contributed by atoms with Gasteiger partial charge in [0, 0.05) is 27.3 Å². The molecule has 31 heavy (non-hydrogen) atoms. The fourth-order valence-electron chi connectivity index (χ4n) is 3.35. The molecular weight excluding hydrogens is 443 g/mol. The Labute approximate surface area is 178 Å². The molecule has 2 atom stereocenters.